The second kappa shape index (κ2) is 7.32. The van der Waals surface area contributed by atoms with Crippen LogP contribution in [0.15, 0.2) is 48.9 Å². The molecule has 0 atom stereocenters. The first-order valence-corrected chi connectivity index (χ1v) is 8.38. The van der Waals surface area contributed by atoms with Gasteiger partial charge in [-0.05, 0) is 17.7 Å². The average Bonchev–Trinajstić information content (AvgIpc) is 2.67. The fourth-order valence-corrected chi connectivity index (χ4v) is 2.55. The van der Waals surface area contributed by atoms with Crippen LogP contribution in [0.1, 0.15) is 12.0 Å². The summed E-state index contributed by atoms with van der Waals surface area (Å²) in [5.41, 5.74) is 0.883. The van der Waals surface area contributed by atoms with Gasteiger partial charge in [0.25, 0.3) is 0 Å². The molecule has 3 aromatic rings. The molecule has 2 aromatic heterocycles. The summed E-state index contributed by atoms with van der Waals surface area (Å²) in [6.45, 7) is 1.04. The van der Waals surface area contributed by atoms with E-state index < -0.39 is 0 Å². The summed E-state index contributed by atoms with van der Waals surface area (Å²) in [5, 5.41) is 6.16. The Hall–Kier alpha value is -3.62. The van der Waals surface area contributed by atoms with E-state index in [0.29, 0.717) is 42.9 Å². The average molecular weight is 365 g/mol. The van der Waals surface area contributed by atoms with E-state index in [4.69, 9.17) is 0 Å². The minimum Gasteiger partial charge on any atom is -0.350 e. The van der Waals surface area contributed by atoms with Crippen LogP contribution >= 0.6 is 0 Å². The van der Waals surface area contributed by atoms with Crippen LogP contribution in [0.25, 0.3) is 0 Å². The Balaban J connectivity index is 1.57. The number of hydrogen-bond donors (Lipinski definition) is 2. The molecule has 0 radical (unpaired) electrons. The fourth-order valence-electron chi connectivity index (χ4n) is 2.55. The van der Waals surface area contributed by atoms with Gasteiger partial charge in [0.2, 0.25) is 11.9 Å². The minimum absolute atomic E-state index is 0.0173. The summed E-state index contributed by atoms with van der Waals surface area (Å²) in [5.74, 6) is 1.60. The summed E-state index contributed by atoms with van der Waals surface area (Å²) in [7, 11) is 0. The zero-order valence-electron chi connectivity index (χ0n) is 14.3. The lowest BCUT2D eigenvalue weighted by Crippen LogP contribution is -2.44. The van der Waals surface area contributed by atoms with Crippen molar-refractivity contribution in [1.82, 2.24) is 19.9 Å². The summed E-state index contributed by atoms with van der Waals surface area (Å²) in [6.07, 6.45) is 5.22. The van der Waals surface area contributed by atoms with Crippen molar-refractivity contribution in [1.29, 1.82) is 0 Å². The third-order valence-electron chi connectivity index (χ3n) is 4.02. The van der Waals surface area contributed by atoms with Crippen molar-refractivity contribution in [3.63, 3.8) is 0 Å². The Morgan fingerprint density at radius 1 is 1.11 bits per heavy atom. The van der Waals surface area contributed by atoms with Crippen molar-refractivity contribution in [2.24, 2.45) is 0 Å². The maximum atomic E-state index is 13.0. The van der Waals surface area contributed by atoms with Crippen molar-refractivity contribution in [2.45, 2.75) is 13.0 Å². The molecule has 2 N–H and O–H groups in total. The van der Waals surface area contributed by atoms with E-state index in [-0.39, 0.29) is 11.7 Å². The van der Waals surface area contributed by atoms with Crippen molar-refractivity contribution in [2.75, 3.05) is 22.1 Å². The number of carbonyl (C=O) groups is 1. The highest BCUT2D eigenvalue weighted by Crippen LogP contribution is 2.25. The Kier molecular flexibility index (Phi) is 4.56. The SMILES string of the molecule is O=C1CCN1c1cc(Nc2cnccn2)nc(NCc2ccc(F)cc2)n1. The number of carbonyl (C=O) groups excluding carboxylic acids is 1. The van der Waals surface area contributed by atoms with Gasteiger partial charge in [0.15, 0.2) is 0 Å². The first kappa shape index (κ1) is 16.8. The molecule has 27 heavy (non-hydrogen) atoms. The molecule has 3 heterocycles. The number of nitrogens with zero attached hydrogens (tertiary/aromatic N) is 5. The third-order valence-corrected chi connectivity index (χ3v) is 4.02. The molecule has 0 unspecified atom stereocenters. The number of halogens is 1. The van der Waals surface area contributed by atoms with Gasteiger partial charge in [0.1, 0.15) is 23.3 Å². The first-order valence-electron chi connectivity index (χ1n) is 8.38. The molecule has 1 aliphatic rings. The van der Waals surface area contributed by atoms with E-state index in [1.54, 1.807) is 41.7 Å². The molecule has 8 nitrogen and oxygen atoms in total. The van der Waals surface area contributed by atoms with Crippen molar-refractivity contribution in [3.8, 4) is 0 Å². The van der Waals surface area contributed by atoms with Gasteiger partial charge in [-0.3, -0.25) is 14.7 Å². The Morgan fingerprint density at radius 2 is 1.96 bits per heavy atom. The smallest absolute Gasteiger partial charge is 0.229 e. The van der Waals surface area contributed by atoms with E-state index >= 15 is 0 Å². The number of nitrogens with one attached hydrogen (secondary N) is 2. The number of benzene rings is 1. The molecule has 136 valence electrons. The standard InChI is InChI=1S/C18H16FN7O/c19-13-3-1-12(2-4-13)10-22-18-24-14(23-15-11-20-6-7-21-15)9-16(25-18)26-8-5-17(26)27/h1-4,6-7,9,11H,5,8,10H2,(H2,21,22,23,24,25). The Bertz CT molecular complexity index is 950. The third kappa shape index (κ3) is 3.97. The second-order valence-electron chi connectivity index (χ2n) is 5.93. The number of anilines is 4. The molecule has 0 spiro atoms. The van der Waals surface area contributed by atoms with Crippen molar-refractivity contribution >= 4 is 29.3 Å². The van der Waals surface area contributed by atoms with Crippen molar-refractivity contribution < 1.29 is 9.18 Å². The van der Waals surface area contributed by atoms with Gasteiger partial charge in [-0.2, -0.15) is 9.97 Å². The van der Waals surface area contributed by atoms with E-state index in [0.717, 1.165) is 5.56 Å². The van der Waals surface area contributed by atoms with Crippen LogP contribution in [0.4, 0.5) is 27.8 Å². The minimum atomic E-state index is -0.288. The molecule has 1 aliphatic heterocycles. The molecule has 0 aliphatic carbocycles. The largest absolute Gasteiger partial charge is 0.350 e. The molecule has 0 saturated carbocycles. The molecule has 9 heteroatoms. The number of amides is 1. The van der Waals surface area contributed by atoms with Crippen LogP contribution < -0.4 is 15.5 Å². The van der Waals surface area contributed by atoms with Gasteiger partial charge in [0.05, 0.1) is 6.20 Å². The highest BCUT2D eigenvalue weighted by molar-refractivity contribution is 5.98. The normalized spacial score (nSPS) is 13.2. The molecule has 1 aromatic carbocycles. The molecule has 1 fully saturated rings. The highest BCUT2D eigenvalue weighted by atomic mass is 19.1. The Morgan fingerprint density at radius 3 is 2.63 bits per heavy atom. The van der Waals surface area contributed by atoms with Crippen molar-refractivity contribution in [3.05, 3.63) is 60.3 Å². The van der Waals surface area contributed by atoms with E-state index in [9.17, 15) is 9.18 Å². The molecule has 1 amide bonds. The zero-order valence-corrected chi connectivity index (χ0v) is 14.3. The van der Waals surface area contributed by atoms with Crippen LogP contribution in [0, 0.1) is 5.82 Å². The number of rotatable bonds is 6. The lowest BCUT2D eigenvalue weighted by Gasteiger charge is -2.29. The maximum absolute atomic E-state index is 13.0. The zero-order chi connectivity index (χ0) is 18.6. The highest BCUT2D eigenvalue weighted by Gasteiger charge is 2.27. The van der Waals surface area contributed by atoms with Gasteiger partial charge in [-0.15, -0.1) is 0 Å². The monoisotopic (exact) mass is 365 g/mol. The lowest BCUT2D eigenvalue weighted by molar-refractivity contribution is -0.122. The second-order valence-corrected chi connectivity index (χ2v) is 5.93. The van der Waals surface area contributed by atoms with Crippen LogP contribution in [-0.4, -0.2) is 32.4 Å². The molecular formula is C18H16FN7O. The van der Waals surface area contributed by atoms with E-state index in [1.807, 2.05) is 0 Å². The summed E-state index contributed by atoms with van der Waals surface area (Å²) in [6, 6.07) is 7.85. The maximum Gasteiger partial charge on any atom is 0.229 e. The summed E-state index contributed by atoms with van der Waals surface area (Å²) < 4.78 is 13.0. The van der Waals surface area contributed by atoms with Gasteiger partial charge in [-0.1, -0.05) is 12.1 Å². The van der Waals surface area contributed by atoms with Gasteiger partial charge < -0.3 is 10.6 Å². The molecule has 1 saturated heterocycles. The van der Waals surface area contributed by atoms with Crippen LogP contribution in [-0.2, 0) is 11.3 Å². The van der Waals surface area contributed by atoms with Crippen LogP contribution in [0.2, 0.25) is 0 Å². The number of aromatic nitrogens is 4. The summed E-state index contributed by atoms with van der Waals surface area (Å²) >= 11 is 0. The number of hydrogen-bond acceptors (Lipinski definition) is 7. The molecule has 4 rings (SSSR count). The quantitative estimate of drug-likeness (QED) is 0.648. The number of β-lactam (4-membered cyclic amide) rings is 1. The molecule has 0 bridgehead atoms. The lowest BCUT2D eigenvalue weighted by atomic mass is 10.2. The van der Waals surface area contributed by atoms with E-state index in [1.165, 1.54) is 12.1 Å². The van der Waals surface area contributed by atoms with Gasteiger partial charge in [-0.25, -0.2) is 9.37 Å². The topological polar surface area (TPSA) is 95.9 Å². The predicted octanol–water partition coefficient (Wildman–Crippen LogP) is 2.50. The predicted molar refractivity (Wildman–Crippen MR) is 98.0 cm³/mol. The summed E-state index contributed by atoms with van der Waals surface area (Å²) in [4.78, 5) is 30.4. The molecular weight excluding hydrogens is 349 g/mol. The fraction of sp³-hybridized carbons (Fsp3) is 0.167. The van der Waals surface area contributed by atoms with Gasteiger partial charge >= 0.3 is 0 Å². The first-order chi connectivity index (χ1) is 13.2. The van der Waals surface area contributed by atoms with Crippen LogP contribution in [0.3, 0.4) is 0 Å². The van der Waals surface area contributed by atoms with Crippen LogP contribution in [0.5, 0.6) is 0 Å². The van der Waals surface area contributed by atoms with E-state index in [2.05, 4.69) is 30.6 Å². The van der Waals surface area contributed by atoms with Gasteiger partial charge in [0, 0.05) is 38.0 Å². The Labute approximate surface area is 154 Å².